The highest BCUT2D eigenvalue weighted by Gasteiger charge is 1.99. The van der Waals surface area contributed by atoms with E-state index in [-0.39, 0.29) is 12.2 Å². The Hall–Kier alpha value is -1.42. The zero-order valence-electron chi connectivity index (χ0n) is 6.43. The van der Waals surface area contributed by atoms with Gasteiger partial charge in [-0.25, -0.2) is 4.57 Å². The van der Waals surface area contributed by atoms with Gasteiger partial charge in [-0.1, -0.05) is 0 Å². The van der Waals surface area contributed by atoms with Crippen LogP contribution in [0.25, 0.3) is 0 Å². The van der Waals surface area contributed by atoms with Gasteiger partial charge in [-0.15, -0.1) is 0 Å². The van der Waals surface area contributed by atoms with Crippen molar-refractivity contribution in [3.8, 4) is 0 Å². The number of hydrogen-bond donors (Lipinski definition) is 1. The Bertz CT molecular complexity index is 268. The van der Waals surface area contributed by atoms with Crippen molar-refractivity contribution >= 4 is 5.97 Å². The van der Waals surface area contributed by atoms with Gasteiger partial charge in [-0.05, 0) is 0 Å². The first-order valence-corrected chi connectivity index (χ1v) is 3.55. The first-order valence-electron chi connectivity index (χ1n) is 3.55. The predicted octanol–water partition coefficient (Wildman–Crippen LogP) is -1.67. The summed E-state index contributed by atoms with van der Waals surface area (Å²) in [6.07, 6.45) is 3.17. The minimum absolute atomic E-state index is 0.0370. The Balaban J connectivity index is 2.78. The lowest BCUT2D eigenvalue weighted by molar-refractivity contribution is -0.698. The summed E-state index contributed by atoms with van der Waals surface area (Å²) in [6.45, 7) is 0.503. The van der Waals surface area contributed by atoms with E-state index in [2.05, 4.69) is 0 Å². The average Bonchev–Trinajstić information content (AvgIpc) is 2.06. The topological polar surface area (TPSA) is 64.2 Å². The second-order valence-corrected chi connectivity index (χ2v) is 2.34. The molecule has 0 aliphatic rings. The molecule has 0 fully saturated rings. The third-order valence-electron chi connectivity index (χ3n) is 1.49. The number of aliphatic hydroxyl groups is 1. The van der Waals surface area contributed by atoms with Gasteiger partial charge in [0.05, 0.1) is 5.97 Å². The van der Waals surface area contributed by atoms with Gasteiger partial charge >= 0.3 is 0 Å². The largest absolute Gasteiger partial charge is 0.545 e. The number of carboxylic acids is 1. The fourth-order valence-electron chi connectivity index (χ4n) is 0.858. The first-order chi connectivity index (χ1) is 5.74. The molecule has 1 aromatic heterocycles. The second-order valence-electron chi connectivity index (χ2n) is 2.34. The van der Waals surface area contributed by atoms with Crippen molar-refractivity contribution in [2.45, 2.75) is 6.54 Å². The SMILES string of the molecule is O=C([O-])c1cc[n+](CCO)cc1. The summed E-state index contributed by atoms with van der Waals surface area (Å²) in [6, 6.07) is 2.87. The second kappa shape index (κ2) is 3.82. The Kier molecular flexibility index (Phi) is 2.76. The fraction of sp³-hybridized carbons (Fsp3) is 0.250. The highest BCUT2D eigenvalue weighted by molar-refractivity contribution is 5.85. The predicted molar refractivity (Wildman–Crippen MR) is 38.1 cm³/mol. The highest BCUT2D eigenvalue weighted by Crippen LogP contribution is 1.91. The van der Waals surface area contributed by atoms with Gasteiger partial charge in [-0.3, -0.25) is 0 Å². The van der Waals surface area contributed by atoms with E-state index in [4.69, 9.17) is 5.11 Å². The average molecular weight is 167 g/mol. The highest BCUT2D eigenvalue weighted by atomic mass is 16.4. The zero-order chi connectivity index (χ0) is 8.97. The van der Waals surface area contributed by atoms with Crippen LogP contribution in [0.5, 0.6) is 0 Å². The normalized spacial score (nSPS) is 9.75. The zero-order valence-corrected chi connectivity index (χ0v) is 6.43. The molecule has 0 bridgehead atoms. The van der Waals surface area contributed by atoms with Gasteiger partial charge in [0.15, 0.2) is 18.9 Å². The lowest BCUT2D eigenvalue weighted by atomic mass is 10.3. The van der Waals surface area contributed by atoms with E-state index < -0.39 is 5.97 Å². The van der Waals surface area contributed by atoms with Gasteiger partial charge < -0.3 is 15.0 Å². The number of aromatic nitrogens is 1. The lowest BCUT2D eigenvalue weighted by Gasteiger charge is -1.99. The van der Waals surface area contributed by atoms with E-state index in [0.29, 0.717) is 6.54 Å². The maximum absolute atomic E-state index is 10.3. The minimum Gasteiger partial charge on any atom is -0.545 e. The van der Waals surface area contributed by atoms with Crippen LogP contribution in [0, 0.1) is 0 Å². The molecular formula is C8H9NO3. The van der Waals surface area contributed by atoms with Crippen molar-refractivity contribution in [2.75, 3.05) is 6.61 Å². The Morgan fingerprint density at radius 3 is 2.50 bits per heavy atom. The number of hydrogen-bond acceptors (Lipinski definition) is 3. The van der Waals surface area contributed by atoms with Crippen LogP contribution < -0.4 is 9.67 Å². The van der Waals surface area contributed by atoms with Gasteiger partial charge in [0, 0.05) is 17.7 Å². The molecule has 1 N–H and O–H groups in total. The number of aromatic carboxylic acids is 1. The maximum Gasteiger partial charge on any atom is 0.171 e. The van der Waals surface area contributed by atoms with Gasteiger partial charge in [0.1, 0.15) is 6.61 Å². The Labute approximate surface area is 69.7 Å². The van der Waals surface area contributed by atoms with E-state index in [1.54, 1.807) is 17.0 Å². The van der Waals surface area contributed by atoms with Gasteiger partial charge in [0.2, 0.25) is 0 Å². The number of rotatable bonds is 3. The van der Waals surface area contributed by atoms with Crippen LogP contribution in [-0.2, 0) is 6.54 Å². The van der Waals surface area contributed by atoms with Crippen LogP contribution in [0.15, 0.2) is 24.5 Å². The van der Waals surface area contributed by atoms with E-state index in [1.165, 1.54) is 12.1 Å². The fourth-order valence-corrected chi connectivity index (χ4v) is 0.858. The molecular weight excluding hydrogens is 158 g/mol. The molecule has 0 spiro atoms. The van der Waals surface area contributed by atoms with Crippen LogP contribution in [0.2, 0.25) is 0 Å². The molecule has 4 heteroatoms. The summed E-state index contributed by atoms with van der Waals surface area (Å²) in [4.78, 5) is 10.3. The number of carboxylic acid groups (broad SMARTS) is 1. The molecule has 0 amide bonds. The van der Waals surface area contributed by atoms with Crippen molar-refractivity contribution in [3.05, 3.63) is 30.1 Å². The number of nitrogens with zero attached hydrogens (tertiary/aromatic N) is 1. The number of aliphatic hydroxyl groups excluding tert-OH is 1. The smallest absolute Gasteiger partial charge is 0.171 e. The third kappa shape index (κ3) is 2.03. The molecule has 12 heavy (non-hydrogen) atoms. The van der Waals surface area contributed by atoms with Crippen molar-refractivity contribution in [1.29, 1.82) is 0 Å². The van der Waals surface area contributed by atoms with Crippen LogP contribution in [0.1, 0.15) is 10.4 Å². The monoisotopic (exact) mass is 167 g/mol. The van der Waals surface area contributed by atoms with Crippen molar-refractivity contribution in [1.82, 2.24) is 0 Å². The van der Waals surface area contributed by atoms with Crippen LogP contribution >= 0.6 is 0 Å². The molecule has 1 rings (SSSR count). The number of carbonyl (C=O) groups is 1. The third-order valence-corrected chi connectivity index (χ3v) is 1.49. The first kappa shape index (κ1) is 8.67. The summed E-state index contributed by atoms with van der Waals surface area (Å²) in [5, 5.41) is 18.8. The molecule has 0 saturated carbocycles. The maximum atomic E-state index is 10.3. The summed E-state index contributed by atoms with van der Waals surface area (Å²) < 4.78 is 1.69. The van der Waals surface area contributed by atoms with Crippen molar-refractivity contribution in [2.24, 2.45) is 0 Å². The molecule has 64 valence electrons. The van der Waals surface area contributed by atoms with Gasteiger partial charge in [-0.2, -0.15) is 0 Å². The van der Waals surface area contributed by atoms with E-state index >= 15 is 0 Å². The molecule has 1 aromatic rings. The molecule has 0 atom stereocenters. The summed E-state index contributed by atoms with van der Waals surface area (Å²) >= 11 is 0. The number of carbonyl (C=O) groups excluding carboxylic acids is 1. The quantitative estimate of drug-likeness (QED) is 0.547. The molecule has 0 unspecified atom stereocenters. The Morgan fingerprint density at radius 2 is 2.08 bits per heavy atom. The van der Waals surface area contributed by atoms with E-state index in [1.807, 2.05) is 0 Å². The molecule has 4 nitrogen and oxygen atoms in total. The summed E-state index contributed by atoms with van der Waals surface area (Å²) in [5.74, 6) is -1.19. The minimum atomic E-state index is -1.19. The summed E-state index contributed by atoms with van der Waals surface area (Å²) in [7, 11) is 0. The Morgan fingerprint density at radius 1 is 1.50 bits per heavy atom. The van der Waals surface area contributed by atoms with Crippen LogP contribution in [0.3, 0.4) is 0 Å². The van der Waals surface area contributed by atoms with Crippen molar-refractivity contribution in [3.63, 3.8) is 0 Å². The van der Waals surface area contributed by atoms with Crippen molar-refractivity contribution < 1.29 is 19.6 Å². The van der Waals surface area contributed by atoms with Crippen LogP contribution in [-0.4, -0.2) is 17.7 Å². The molecule has 0 saturated heterocycles. The summed E-state index contributed by atoms with van der Waals surface area (Å²) in [5.41, 5.74) is 0.143. The molecule has 0 aliphatic carbocycles. The van der Waals surface area contributed by atoms with E-state index in [9.17, 15) is 9.90 Å². The van der Waals surface area contributed by atoms with Gasteiger partial charge in [0.25, 0.3) is 0 Å². The lowest BCUT2D eigenvalue weighted by Crippen LogP contribution is -2.35. The van der Waals surface area contributed by atoms with Crippen LogP contribution in [0.4, 0.5) is 0 Å². The van der Waals surface area contributed by atoms with E-state index in [0.717, 1.165) is 0 Å². The molecule has 0 aromatic carbocycles. The molecule has 0 aliphatic heterocycles. The standard InChI is InChI=1S/C8H9NO3/c10-6-5-9-3-1-7(2-4-9)8(11)12/h1-4,10H,5-6H2. The number of pyridine rings is 1. The molecule has 0 radical (unpaired) electrons. The molecule has 1 heterocycles.